The molecule has 2 rings (SSSR count). The lowest BCUT2D eigenvalue weighted by Gasteiger charge is -2.09. The van der Waals surface area contributed by atoms with Crippen LogP contribution in [0.4, 0.5) is 0 Å². The van der Waals surface area contributed by atoms with Crippen molar-refractivity contribution in [1.29, 1.82) is 0 Å². The van der Waals surface area contributed by atoms with E-state index in [1.165, 1.54) is 0 Å². The summed E-state index contributed by atoms with van der Waals surface area (Å²) in [7, 11) is 0. The van der Waals surface area contributed by atoms with E-state index in [2.05, 4.69) is 4.98 Å². The molecule has 0 saturated heterocycles. The van der Waals surface area contributed by atoms with Crippen molar-refractivity contribution in [2.24, 2.45) is 5.73 Å². The normalized spacial score (nSPS) is 12.2. The number of nitrogens with two attached hydrogens (primary N) is 1. The molecule has 1 heterocycles. The molecule has 1 atom stereocenters. The fourth-order valence-electron chi connectivity index (χ4n) is 2.54. The molecule has 3 N–H and O–H groups in total. The molecule has 0 aliphatic carbocycles. The third-order valence-electron chi connectivity index (χ3n) is 3.82. The number of aliphatic hydroxyl groups is 1. The van der Waals surface area contributed by atoms with E-state index < -0.39 is 5.97 Å². The number of hydrogen-bond donors (Lipinski definition) is 2. The largest absolute Gasteiger partial charge is 0.460 e. The van der Waals surface area contributed by atoms with Crippen LogP contribution in [-0.4, -0.2) is 39.9 Å². The van der Waals surface area contributed by atoms with Crippen LogP contribution in [0.2, 0.25) is 0 Å². The SMILES string of the molecule is CCOC(=O)c1nc(-c2ccc(C[C@H](N)CCO)cc2)cn1CC. The molecule has 130 valence electrons. The second-order valence-corrected chi connectivity index (χ2v) is 5.63. The Morgan fingerprint density at radius 3 is 2.62 bits per heavy atom. The molecule has 0 spiro atoms. The van der Waals surface area contributed by atoms with Gasteiger partial charge in [0.15, 0.2) is 0 Å². The van der Waals surface area contributed by atoms with E-state index in [1.807, 2.05) is 37.4 Å². The van der Waals surface area contributed by atoms with Gasteiger partial charge in [-0.05, 0) is 32.3 Å². The van der Waals surface area contributed by atoms with Crippen molar-refractivity contribution in [3.8, 4) is 11.3 Å². The van der Waals surface area contributed by atoms with Gasteiger partial charge in [-0.3, -0.25) is 0 Å². The number of carbonyl (C=O) groups excluding carboxylic acids is 1. The Labute approximate surface area is 142 Å². The predicted octanol–water partition coefficient (Wildman–Crippen LogP) is 2.00. The summed E-state index contributed by atoms with van der Waals surface area (Å²) in [6.45, 7) is 4.81. The molecule has 1 aromatic heterocycles. The predicted molar refractivity (Wildman–Crippen MR) is 92.7 cm³/mol. The Kier molecular flexibility index (Phi) is 6.52. The van der Waals surface area contributed by atoms with E-state index in [1.54, 1.807) is 11.5 Å². The van der Waals surface area contributed by atoms with Gasteiger partial charge in [0.1, 0.15) is 0 Å². The van der Waals surface area contributed by atoms with Gasteiger partial charge in [-0.15, -0.1) is 0 Å². The number of nitrogens with zero attached hydrogens (tertiary/aromatic N) is 2. The number of hydrogen-bond acceptors (Lipinski definition) is 5. The van der Waals surface area contributed by atoms with E-state index in [9.17, 15) is 4.79 Å². The van der Waals surface area contributed by atoms with E-state index in [0.717, 1.165) is 23.2 Å². The third kappa shape index (κ3) is 4.43. The zero-order valence-corrected chi connectivity index (χ0v) is 14.2. The smallest absolute Gasteiger partial charge is 0.374 e. The number of ether oxygens (including phenoxy) is 1. The van der Waals surface area contributed by atoms with Gasteiger partial charge in [0.05, 0.1) is 12.3 Å². The van der Waals surface area contributed by atoms with Crippen molar-refractivity contribution in [2.75, 3.05) is 13.2 Å². The Bertz CT molecular complexity index is 665. The minimum Gasteiger partial charge on any atom is -0.460 e. The minimum absolute atomic E-state index is 0.0458. The third-order valence-corrected chi connectivity index (χ3v) is 3.82. The van der Waals surface area contributed by atoms with Crippen LogP contribution in [0.25, 0.3) is 11.3 Å². The number of imidazole rings is 1. The van der Waals surface area contributed by atoms with Crippen molar-refractivity contribution in [3.05, 3.63) is 41.9 Å². The summed E-state index contributed by atoms with van der Waals surface area (Å²) in [5.74, 6) is -0.0828. The van der Waals surface area contributed by atoms with E-state index in [0.29, 0.717) is 25.4 Å². The highest BCUT2D eigenvalue weighted by molar-refractivity contribution is 5.86. The van der Waals surface area contributed by atoms with Crippen LogP contribution in [0.1, 0.15) is 36.5 Å². The summed E-state index contributed by atoms with van der Waals surface area (Å²) in [5.41, 5.74) is 8.73. The van der Waals surface area contributed by atoms with E-state index in [-0.39, 0.29) is 12.6 Å². The topological polar surface area (TPSA) is 90.4 Å². The van der Waals surface area contributed by atoms with Crippen LogP contribution in [-0.2, 0) is 17.7 Å². The Hall–Kier alpha value is -2.18. The summed E-state index contributed by atoms with van der Waals surface area (Å²) in [6.07, 6.45) is 3.17. The maximum atomic E-state index is 12.0. The van der Waals surface area contributed by atoms with Crippen LogP contribution < -0.4 is 5.73 Å². The van der Waals surface area contributed by atoms with Crippen molar-refractivity contribution >= 4 is 5.97 Å². The molecule has 6 nitrogen and oxygen atoms in total. The second-order valence-electron chi connectivity index (χ2n) is 5.63. The summed E-state index contributed by atoms with van der Waals surface area (Å²) in [6, 6.07) is 7.90. The average Bonchev–Trinajstić information content (AvgIpc) is 3.00. The highest BCUT2D eigenvalue weighted by Crippen LogP contribution is 2.20. The molecule has 0 saturated carbocycles. The van der Waals surface area contributed by atoms with Gasteiger partial charge in [0.2, 0.25) is 5.82 Å². The fourth-order valence-corrected chi connectivity index (χ4v) is 2.54. The molecule has 0 bridgehead atoms. The molecule has 0 fully saturated rings. The first kappa shape index (κ1) is 18.2. The molecule has 0 aliphatic heterocycles. The Morgan fingerprint density at radius 1 is 1.33 bits per heavy atom. The van der Waals surface area contributed by atoms with Crippen LogP contribution in [0.15, 0.2) is 30.5 Å². The first-order chi connectivity index (χ1) is 11.6. The summed E-state index contributed by atoms with van der Waals surface area (Å²) in [4.78, 5) is 16.4. The number of carbonyl (C=O) groups is 1. The van der Waals surface area contributed by atoms with Crippen LogP contribution in [0.3, 0.4) is 0 Å². The molecular weight excluding hydrogens is 306 g/mol. The fraction of sp³-hybridized carbons (Fsp3) is 0.444. The maximum Gasteiger partial charge on any atom is 0.374 e. The summed E-state index contributed by atoms with van der Waals surface area (Å²) >= 11 is 0. The lowest BCUT2D eigenvalue weighted by Crippen LogP contribution is -2.23. The molecule has 0 aliphatic rings. The van der Waals surface area contributed by atoms with Crippen molar-refractivity contribution in [1.82, 2.24) is 9.55 Å². The highest BCUT2D eigenvalue weighted by Gasteiger charge is 2.17. The van der Waals surface area contributed by atoms with Gasteiger partial charge in [-0.25, -0.2) is 9.78 Å². The Morgan fingerprint density at radius 2 is 2.04 bits per heavy atom. The van der Waals surface area contributed by atoms with Crippen molar-refractivity contribution < 1.29 is 14.6 Å². The molecule has 0 amide bonds. The van der Waals surface area contributed by atoms with Gasteiger partial charge in [-0.1, -0.05) is 24.3 Å². The van der Waals surface area contributed by atoms with Crippen molar-refractivity contribution in [3.63, 3.8) is 0 Å². The average molecular weight is 331 g/mol. The molecule has 24 heavy (non-hydrogen) atoms. The molecular formula is C18H25N3O3. The first-order valence-corrected chi connectivity index (χ1v) is 8.29. The second kappa shape index (κ2) is 8.61. The number of rotatable bonds is 8. The zero-order valence-electron chi connectivity index (χ0n) is 14.2. The molecule has 0 unspecified atom stereocenters. The lowest BCUT2D eigenvalue weighted by atomic mass is 10.0. The molecule has 2 aromatic rings. The van der Waals surface area contributed by atoms with Crippen LogP contribution >= 0.6 is 0 Å². The van der Waals surface area contributed by atoms with Gasteiger partial charge >= 0.3 is 5.97 Å². The lowest BCUT2D eigenvalue weighted by molar-refractivity contribution is 0.0506. The number of benzene rings is 1. The molecule has 1 aromatic carbocycles. The molecule has 6 heteroatoms. The minimum atomic E-state index is -0.405. The highest BCUT2D eigenvalue weighted by atomic mass is 16.5. The van der Waals surface area contributed by atoms with Gasteiger partial charge in [0, 0.05) is 31.0 Å². The quantitative estimate of drug-likeness (QED) is 0.722. The van der Waals surface area contributed by atoms with Gasteiger partial charge in [0.25, 0.3) is 0 Å². The summed E-state index contributed by atoms with van der Waals surface area (Å²) in [5, 5.41) is 8.91. The first-order valence-electron chi connectivity index (χ1n) is 8.29. The van der Waals surface area contributed by atoms with Crippen LogP contribution in [0.5, 0.6) is 0 Å². The molecule has 0 radical (unpaired) electrons. The standard InChI is InChI=1S/C18H25N3O3/c1-3-21-12-16(20-17(21)18(23)24-4-2)14-7-5-13(6-8-14)11-15(19)9-10-22/h5-8,12,15,22H,3-4,9-11,19H2,1-2H3/t15-/m1/s1. The number of esters is 1. The van der Waals surface area contributed by atoms with Gasteiger partial charge in [-0.2, -0.15) is 0 Å². The number of aryl methyl sites for hydroxylation is 1. The van der Waals surface area contributed by atoms with Gasteiger partial charge < -0.3 is 20.1 Å². The maximum absolute atomic E-state index is 12.0. The Balaban J connectivity index is 2.18. The zero-order chi connectivity index (χ0) is 17.5. The monoisotopic (exact) mass is 331 g/mol. The number of aromatic nitrogens is 2. The van der Waals surface area contributed by atoms with E-state index >= 15 is 0 Å². The number of aliphatic hydroxyl groups excluding tert-OH is 1. The van der Waals surface area contributed by atoms with E-state index in [4.69, 9.17) is 15.6 Å². The summed E-state index contributed by atoms with van der Waals surface area (Å²) < 4.78 is 6.84. The van der Waals surface area contributed by atoms with Crippen LogP contribution in [0, 0.1) is 0 Å². The van der Waals surface area contributed by atoms with Crippen molar-refractivity contribution in [2.45, 2.75) is 39.3 Å².